The Morgan fingerprint density at radius 1 is 0.926 bits per heavy atom. The van der Waals surface area contributed by atoms with E-state index in [0.717, 1.165) is 53.4 Å². The van der Waals surface area contributed by atoms with E-state index >= 15 is 0 Å². The predicted molar refractivity (Wildman–Crippen MR) is 200 cm³/mol. The van der Waals surface area contributed by atoms with E-state index in [0.29, 0.717) is 52.0 Å². The van der Waals surface area contributed by atoms with Gasteiger partial charge in [0.05, 0.1) is 57.2 Å². The molecule has 0 radical (unpaired) electrons. The summed E-state index contributed by atoms with van der Waals surface area (Å²) < 4.78 is 29.1. The number of fused-ring (bicyclic) bond motifs is 1. The third kappa shape index (κ3) is 12.3. The van der Waals surface area contributed by atoms with Crippen molar-refractivity contribution in [1.29, 1.82) is 0 Å². The van der Waals surface area contributed by atoms with Crippen molar-refractivity contribution in [2.24, 2.45) is 0 Å². The molecule has 1 saturated heterocycles. The van der Waals surface area contributed by atoms with Crippen LogP contribution in [0.3, 0.4) is 0 Å². The van der Waals surface area contributed by atoms with Crippen molar-refractivity contribution in [3.05, 3.63) is 89.5 Å². The summed E-state index contributed by atoms with van der Waals surface area (Å²) in [6, 6.07) is 23.2. The van der Waals surface area contributed by atoms with Crippen molar-refractivity contribution in [1.82, 2.24) is 15.6 Å². The maximum Gasteiger partial charge on any atom is 0.410 e. The molecule has 3 atom stereocenters. The van der Waals surface area contributed by atoms with E-state index in [-0.39, 0.29) is 43.4 Å². The molecule has 0 aliphatic carbocycles. The maximum atomic E-state index is 13.8. The summed E-state index contributed by atoms with van der Waals surface area (Å²) in [6.07, 6.45) is 2.31. The van der Waals surface area contributed by atoms with Gasteiger partial charge in [-0.25, -0.2) is 4.79 Å². The third-order valence-electron chi connectivity index (χ3n) is 9.77. The Labute approximate surface area is 317 Å². The fourth-order valence-corrected chi connectivity index (χ4v) is 6.93. The van der Waals surface area contributed by atoms with E-state index in [2.05, 4.69) is 21.1 Å². The van der Waals surface area contributed by atoms with Gasteiger partial charge < -0.3 is 38.8 Å². The lowest BCUT2D eigenvalue weighted by Gasteiger charge is -2.43. The summed E-state index contributed by atoms with van der Waals surface area (Å²) in [5.74, 6) is 1.28. The molecule has 3 aromatic rings. The highest BCUT2D eigenvalue weighted by molar-refractivity contribution is 5.78. The molecule has 294 valence electrons. The highest BCUT2D eigenvalue weighted by atomic mass is 17.1. The number of piperidine rings is 1. The molecule has 14 heteroatoms. The number of likely N-dealkylation sites (tertiary alicyclic amines) is 1. The number of benzene rings is 3. The minimum atomic E-state index is -0.511. The zero-order valence-corrected chi connectivity index (χ0v) is 31.3. The van der Waals surface area contributed by atoms with Crippen LogP contribution in [0.15, 0.2) is 72.8 Å². The number of nitrogens with one attached hydrogen (secondary N) is 1. The second-order valence-electron chi connectivity index (χ2n) is 13.5. The van der Waals surface area contributed by atoms with Gasteiger partial charge in [0.25, 0.3) is 0 Å². The van der Waals surface area contributed by atoms with Crippen LogP contribution in [0.2, 0.25) is 0 Å². The minimum Gasteiger partial charge on any atom is -0.497 e. The summed E-state index contributed by atoms with van der Waals surface area (Å²) in [7, 11) is 3.34. The zero-order chi connectivity index (χ0) is 38.1. The first-order valence-corrected chi connectivity index (χ1v) is 18.6. The number of nitrogens with zero attached hydrogens (tertiary/aromatic N) is 3. The van der Waals surface area contributed by atoms with Gasteiger partial charge in [-0.05, 0) is 73.1 Å². The standard InChI is InChI=1S/C40H54N4O10/c1-49-20-9-18-42-19-23-51-37-17-12-31(24-36(37)42)29-53-38-28-43(40(46)52-21-7-4-8-22-54-44(47)48)33(25-35(38)32-13-15-34(50-2)16-14-32)26-39(45)41-27-30-10-5-3-6-11-30/h3,5-6,10-17,24,33,35,38,47-48H,4,7-9,18-23,25-29H2,1-2H3,(H,41,45). The lowest BCUT2D eigenvalue weighted by atomic mass is 9.82. The molecular weight excluding hydrogens is 696 g/mol. The summed E-state index contributed by atoms with van der Waals surface area (Å²) in [5, 5.41) is 20.1. The Morgan fingerprint density at radius 3 is 2.48 bits per heavy atom. The van der Waals surface area contributed by atoms with Gasteiger partial charge in [-0.3, -0.25) is 20.0 Å². The number of rotatable bonds is 20. The molecule has 2 heterocycles. The predicted octanol–water partition coefficient (Wildman–Crippen LogP) is 5.70. The van der Waals surface area contributed by atoms with Crippen LogP contribution in [0.1, 0.15) is 61.1 Å². The SMILES string of the molecule is COCCCN1CCOc2ccc(COC3CN(C(=O)OCCCCCON(O)O)C(CC(=O)NCc4ccccc4)CC3c3ccc(OC)cc3)cc21. The van der Waals surface area contributed by atoms with Crippen LogP contribution in [-0.4, -0.2) is 105 Å². The largest absolute Gasteiger partial charge is 0.497 e. The Kier molecular flexibility index (Phi) is 16.2. The molecule has 3 aromatic carbocycles. The number of amides is 2. The van der Waals surface area contributed by atoms with Gasteiger partial charge in [0.2, 0.25) is 5.91 Å². The molecule has 14 nitrogen and oxygen atoms in total. The number of carbonyl (C=O) groups is 2. The Bertz CT molecular complexity index is 1580. The minimum absolute atomic E-state index is 0.0984. The van der Waals surface area contributed by atoms with Crippen molar-refractivity contribution in [3.8, 4) is 11.5 Å². The summed E-state index contributed by atoms with van der Waals surface area (Å²) >= 11 is 0. The topological polar surface area (TPSA) is 152 Å². The number of methoxy groups -OCH3 is 2. The number of carbonyl (C=O) groups excluding carboxylic acids is 2. The smallest absolute Gasteiger partial charge is 0.410 e. The molecule has 1 fully saturated rings. The zero-order valence-electron chi connectivity index (χ0n) is 31.3. The van der Waals surface area contributed by atoms with Crippen molar-refractivity contribution in [2.45, 2.75) is 69.7 Å². The average Bonchev–Trinajstić information content (AvgIpc) is 3.19. The van der Waals surface area contributed by atoms with Gasteiger partial charge in [-0.1, -0.05) is 48.5 Å². The lowest BCUT2D eigenvalue weighted by molar-refractivity contribution is -0.492. The molecule has 0 aromatic heterocycles. The molecule has 2 amide bonds. The molecule has 5 rings (SSSR count). The van der Waals surface area contributed by atoms with Gasteiger partial charge in [-0.15, -0.1) is 0 Å². The van der Waals surface area contributed by atoms with Crippen LogP contribution in [0.25, 0.3) is 0 Å². The number of ether oxygens (including phenoxy) is 5. The molecular formula is C40H54N4O10. The van der Waals surface area contributed by atoms with E-state index in [9.17, 15) is 9.59 Å². The summed E-state index contributed by atoms with van der Waals surface area (Å²) in [4.78, 5) is 35.7. The third-order valence-corrected chi connectivity index (χ3v) is 9.77. The van der Waals surface area contributed by atoms with E-state index < -0.39 is 18.2 Å². The van der Waals surface area contributed by atoms with E-state index in [1.54, 1.807) is 19.1 Å². The lowest BCUT2D eigenvalue weighted by Crippen LogP contribution is -2.53. The first kappa shape index (κ1) is 40.7. The normalized spacial score (nSPS) is 18.2. The van der Waals surface area contributed by atoms with Gasteiger partial charge >= 0.3 is 6.09 Å². The van der Waals surface area contributed by atoms with E-state index in [1.807, 2.05) is 66.7 Å². The molecule has 3 N–H and O–H groups in total. The van der Waals surface area contributed by atoms with Crippen molar-refractivity contribution in [2.75, 3.05) is 65.2 Å². The van der Waals surface area contributed by atoms with E-state index in [4.69, 9.17) is 34.1 Å². The highest BCUT2D eigenvalue weighted by Gasteiger charge is 2.41. The molecule has 2 aliphatic heterocycles. The molecule has 0 bridgehead atoms. The molecule has 54 heavy (non-hydrogen) atoms. The van der Waals surface area contributed by atoms with Gasteiger partial charge in [0.1, 0.15) is 18.1 Å². The monoisotopic (exact) mass is 750 g/mol. The van der Waals surface area contributed by atoms with E-state index in [1.165, 1.54) is 0 Å². The van der Waals surface area contributed by atoms with Crippen LogP contribution in [0, 0.1) is 0 Å². The van der Waals surface area contributed by atoms with Gasteiger partial charge in [0, 0.05) is 45.2 Å². The average molecular weight is 751 g/mol. The van der Waals surface area contributed by atoms with Crippen molar-refractivity contribution >= 4 is 17.7 Å². The number of hydrogen-bond donors (Lipinski definition) is 3. The summed E-state index contributed by atoms with van der Waals surface area (Å²) in [6.45, 7) is 4.14. The van der Waals surface area contributed by atoms with Crippen LogP contribution in [0.5, 0.6) is 11.5 Å². The Balaban J connectivity index is 1.32. The first-order valence-electron chi connectivity index (χ1n) is 18.6. The fraction of sp³-hybridized carbons (Fsp3) is 0.500. The van der Waals surface area contributed by atoms with Gasteiger partial charge in [-0.2, -0.15) is 0 Å². The van der Waals surface area contributed by atoms with Crippen LogP contribution in [-0.2, 0) is 37.0 Å². The molecule has 3 unspecified atom stereocenters. The van der Waals surface area contributed by atoms with Crippen molar-refractivity contribution in [3.63, 3.8) is 0 Å². The maximum absolute atomic E-state index is 13.8. The molecule has 0 spiro atoms. The van der Waals surface area contributed by atoms with Crippen LogP contribution < -0.4 is 19.7 Å². The van der Waals surface area contributed by atoms with Crippen LogP contribution >= 0.6 is 0 Å². The highest BCUT2D eigenvalue weighted by Crippen LogP contribution is 2.38. The second-order valence-corrected chi connectivity index (χ2v) is 13.5. The van der Waals surface area contributed by atoms with Crippen molar-refractivity contribution < 1.29 is 48.5 Å². The molecule has 0 saturated carbocycles. The number of unbranched alkanes of at least 4 members (excludes halogenated alkanes) is 2. The second kappa shape index (κ2) is 21.4. The quantitative estimate of drug-likeness (QED) is 0.0960. The fourth-order valence-electron chi connectivity index (χ4n) is 6.93. The molecule has 2 aliphatic rings. The Hall–Kier alpha value is -4.44. The van der Waals surface area contributed by atoms with Gasteiger partial charge in [0.15, 0.2) is 0 Å². The number of anilines is 1. The van der Waals surface area contributed by atoms with Crippen LogP contribution in [0.4, 0.5) is 10.5 Å². The summed E-state index contributed by atoms with van der Waals surface area (Å²) in [5.41, 5.74) is 4.02. The Morgan fingerprint density at radius 2 is 1.72 bits per heavy atom. The first-order chi connectivity index (χ1) is 26.3. The number of hydrogen-bond acceptors (Lipinski definition) is 12.